The maximum Gasteiger partial charge on any atom is 0.164 e. The normalized spacial score (nSPS) is 12.1. The van der Waals surface area contributed by atoms with Crippen LogP contribution in [-0.4, -0.2) is 24.1 Å². The third kappa shape index (κ3) is 5.22. The van der Waals surface area contributed by atoms with Gasteiger partial charge in [-0.1, -0.05) is 127 Å². The number of benzene rings is 9. The van der Waals surface area contributed by atoms with Crippen molar-refractivity contribution in [1.29, 1.82) is 0 Å². The summed E-state index contributed by atoms with van der Waals surface area (Å²) in [5.41, 5.74) is 11.3. The summed E-state index contributed by atoms with van der Waals surface area (Å²) < 4.78 is 14.0. The lowest BCUT2D eigenvalue weighted by molar-refractivity contribution is 0.669. The second-order valence-electron chi connectivity index (χ2n) is 16.4. The van der Waals surface area contributed by atoms with Crippen LogP contribution in [0.4, 0.5) is 0 Å². The number of thiophene rings is 1. The Kier molecular flexibility index (Phi) is 7.46. The number of rotatable bonds is 5. The highest BCUT2D eigenvalue weighted by molar-refractivity contribution is 7.26. The van der Waals surface area contributed by atoms with Crippen LogP contribution in [0.15, 0.2) is 205 Å². The molecule has 0 saturated heterocycles. The van der Waals surface area contributed by atoms with E-state index in [1.807, 2.05) is 84.1 Å². The lowest BCUT2D eigenvalue weighted by atomic mass is 10.1. The van der Waals surface area contributed by atoms with E-state index < -0.39 is 0 Å². The molecule has 6 nitrogen and oxygen atoms in total. The Morgan fingerprint density at radius 2 is 0.859 bits per heavy atom. The topological polar surface area (TPSA) is 61.7 Å². The highest BCUT2D eigenvalue weighted by atomic mass is 32.1. The Morgan fingerprint density at radius 1 is 0.344 bits per heavy atom. The first-order valence-electron chi connectivity index (χ1n) is 21.4. The Morgan fingerprint density at radius 3 is 1.59 bits per heavy atom. The molecule has 298 valence electrons. The molecule has 64 heavy (non-hydrogen) atoms. The van der Waals surface area contributed by atoms with Gasteiger partial charge in [0.25, 0.3) is 0 Å². The fourth-order valence-corrected chi connectivity index (χ4v) is 11.1. The molecular weight excluding hydrogens is 803 g/mol. The molecule has 14 aromatic rings. The van der Waals surface area contributed by atoms with Crippen molar-refractivity contribution in [2.75, 3.05) is 0 Å². The second kappa shape index (κ2) is 13.6. The van der Waals surface area contributed by atoms with Crippen LogP contribution in [0.5, 0.6) is 0 Å². The van der Waals surface area contributed by atoms with Gasteiger partial charge >= 0.3 is 0 Å². The molecule has 0 aliphatic heterocycles. The van der Waals surface area contributed by atoms with Crippen LogP contribution < -0.4 is 0 Å². The number of fused-ring (bicyclic) bond motifs is 13. The van der Waals surface area contributed by atoms with E-state index in [1.54, 1.807) is 0 Å². The van der Waals surface area contributed by atoms with Crippen LogP contribution in [0.1, 0.15) is 0 Å². The van der Waals surface area contributed by atoms with E-state index in [4.69, 9.17) is 19.4 Å². The maximum atomic E-state index is 6.49. The molecule has 0 bridgehead atoms. The summed E-state index contributed by atoms with van der Waals surface area (Å²) in [6, 6.07) is 70.8. The maximum absolute atomic E-state index is 6.49. The lowest BCUT2D eigenvalue weighted by Crippen LogP contribution is -2.00. The molecule has 9 aromatic carbocycles. The lowest BCUT2D eigenvalue weighted by Gasteiger charge is -2.11. The number of hydrogen-bond donors (Lipinski definition) is 0. The second-order valence-corrected chi connectivity index (χ2v) is 17.4. The first-order valence-corrected chi connectivity index (χ1v) is 22.2. The van der Waals surface area contributed by atoms with Crippen LogP contribution in [0.3, 0.4) is 0 Å². The molecule has 0 fully saturated rings. The van der Waals surface area contributed by atoms with E-state index in [2.05, 4.69) is 137 Å². The van der Waals surface area contributed by atoms with E-state index >= 15 is 0 Å². The van der Waals surface area contributed by atoms with Crippen LogP contribution in [0, 0.1) is 0 Å². The molecule has 0 spiro atoms. The summed E-state index contributed by atoms with van der Waals surface area (Å²) in [5.74, 6) is 1.87. The summed E-state index contributed by atoms with van der Waals surface area (Å²) in [4.78, 5) is 15.0. The van der Waals surface area contributed by atoms with Crippen molar-refractivity contribution in [2.45, 2.75) is 0 Å². The van der Waals surface area contributed by atoms with E-state index in [0.717, 1.165) is 61.0 Å². The highest BCUT2D eigenvalue weighted by Crippen LogP contribution is 2.44. The standard InChI is InChI=1S/C57H33N5OS/c1-3-13-34(14-4-1)55-58-56(35-15-5-2-6-16-35)60-57(59-55)36-23-29-50-45(31-36)46-33-37(25-30-51(46)63-50)61-47-20-10-8-18-40(47)44-32-38(24-28-49(44)61)62-48-21-11-7-17-39(48)42-26-27-43-41-19-9-12-22-52(41)64-54(43)53(42)62/h1-33H. The van der Waals surface area contributed by atoms with Crippen molar-refractivity contribution in [3.05, 3.63) is 200 Å². The summed E-state index contributed by atoms with van der Waals surface area (Å²) >= 11 is 1.88. The molecule has 14 rings (SSSR count). The van der Waals surface area contributed by atoms with Crippen molar-refractivity contribution in [3.63, 3.8) is 0 Å². The first kappa shape index (κ1) is 35.2. The van der Waals surface area contributed by atoms with Crippen LogP contribution in [0.2, 0.25) is 0 Å². The van der Waals surface area contributed by atoms with Crippen LogP contribution in [0.25, 0.3) is 131 Å². The molecule has 0 aliphatic rings. The van der Waals surface area contributed by atoms with Crippen molar-refractivity contribution < 1.29 is 4.42 Å². The van der Waals surface area contributed by atoms with Crippen LogP contribution >= 0.6 is 11.3 Å². The van der Waals surface area contributed by atoms with Gasteiger partial charge in [-0.05, 0) is 72.8 Å². The van der Waals surface area contributed by atoms with Gasteiger partial charge in [-0.2, -0.15) is 0 Å². The molecule has 0 unspecified atom stereocenters. The Balaban J connectivity index is 0.947. The monoisotopic (exact) mass is 835 g/mol. The molecular formula is C57H33N5OS. The molecule has 0 amide bonds. The summed E-state index contributed by atoms with van der Waals surface area (Å²) in [6.07, 6.45) is 0. The zero-order chi connectivity index (χ0) is 41.9. The smallest absolute Gasteiger partial charge is 0.164 e. The molecule has 0 aliphatic carbocycles. The largest absolute Gasteiger partial charge is 0.456 e. The third-order valence-corrected chi connectivity index (χ3v) is 14.0. The molecule has 0 atom stereocenters. The van der Waals surface area contributed by atoms with Gasteiger partial charge in [-0.3, -0.25) is 0 Å². The highest BCUT2D eigenvalue weighted by Gasteiger charge is 2.21. The molecule has 5 heterocycles. The van der Waals surface area contributed by atoms with E-state index in [-0.39, 0.29) is 0 Å². The Bertz CT molecular complexity index is 4140. The average molecular weight is 836 g/mol. The summed E-state index contributed by atoms with van der Waals surface area (Å²) in [6.45, 7) is 0. The predicted octanol–water partition coefficient (Wildman–Crippen LogP) is 15.3. The minimum Gasteiger partial charge on any atom is -0.456 e. The van der Waals surface area contributed by atoms with Gasteiger partial charge in [-0.25, -0.2) is 15.0 Å². The van der Waals surface area contributed by atoms with E-state index in [9.17, 15) is 0 Å². The van der Waals surface area contributed by atoms with Crippen LogP contribution in [-0.2, 0) is 0 Å². The molecule has 0 N–H and O–H groups in total. The number of para-hydroxylation sites is 2. The van der Waals surface area contributed by atoms with Gasteiger partial charge in [0.05, 0.1) is 26.8 Å². The van der Waals surface area contributed by atoms with Crippen molar-refractivity contribution in [1.82, 2.24) is 24.1 Å². The van der Waals surface area contributed by atoms with Crippen molar-refractivity contribution in [2.24, 2.45) is 0 Å². The van der Waals surface area contributed by atoms with Crippen molar-refractivity contribution in [3.8, 4) is 45.5 Å². The minimum absolute atomic E-state index is 0.606. The zero-order valence-electron chi connectivity index (χ0n) is 34.1. The number of hydrogen-bond acceptors (Lipinski definition) is 5. The van der Waals surface area contributed by atoms with E-state index in [0.29, 0.717) is 17.5 Å². The van der Waals surface area contributed by atoms with Gasteiger partial charge in [-0.15, -0.1) is 11.3 Å². The quantitative estimate of drug-likeness (QED) is 0.173. The van der Waals surface area contributed by atoms with Crippen molar-refractivity contribution >= 4 is 97.1 Å². The fraction of sp³-hybridized carbons (Fsp3) is 0. The van der Waals surface area contributed by atoms with Gasteiger partial charge in [0, 0.05) is 75.9 Å². The number of aromatic nitrogens is 5. The summed E-state index contributed by atoms with van der Waals surface area (Å²) in [7, 11) is 0. The predicted molar refractivity (Wildman–Crippen MR) is 265 cm³/mol. The third-order valence-electron chi connectivity index (χ3n) is 12.8. The molecule has 0 radical (unpaired) electrons. The molecule has 0 saturated carbocycles. The number of furan rings is 1. The Hall–Kier alpha value is -8.39. The van der Waals surface area contributed by atoms with Gasteiger partial charge < -0.3 is 13.6 Å². The van der Waals surface area contributed by atoms with E-state index in [1.165, 1.54) is 52.8 Å². The molecule has 7 heteroatoms. The first-order chi connectivity index (χ1) is 31.7. The average Bonchev–Trinajstić information content (AvgIpc) is 4.11. The van der Waals surface area contributed by atoms with Gasteiger partial charge in [0.1, 0.15) is 11.2 Å². The summed E-state index contributed by atoms with van der Waals surface area (Å²) in [5, 5.41) is 9.54. The Labute approximate surface area is 369 Å². The van der Waals surface area contributed by atoms with Gasteiger partial charge in [0.15, 0.2) is 17.5 Å². The SMILES string of the molecule is c1ccc(-c2nc(-c3ccccc3)nc(-c3ccc4oc5ccc(-n6c7ccccc7c7cc(-n8c9ccccc9c9ccc%10c%11ccccc%11sc%10c98)ccc76)cc5c4c3)n2)cc1. The van der Waals surface area contributed by atoms with Gasteiger partial charge in [0.2, 0.25) is 0 Å². The molecule has 5 aromatic heterocycles. The number of nitrogens with zero attached hydrogens (tertiary/aromatic N) is 5. The fourth-order valence-electron chi connectivity index (χ4n) is 9.86. The minimum atomic E-state index is 0.606. The zero-order valence-corrected chi connectivity index (χ0v) is 34.9.